The second-order valence-corrected chi connectivity index (χ2v) is 6.45. The summed E-state index contributed by atoms with van der Waals surface area (Å²) in [7, 11) is 0. The number of pyridine rings is 2. The molecule has 3 saturated heterocycles. The van der Waals surface area contributed by atoms with Crippen LogP contribution >= 0.6 is 0 Å². The number of alkyl halides is 3. The van der Waals surface area contributed by atoms with E-state index in [4.69, 9.17) is 0 Å². The molecule has 4 nitrogen and oxygen atoms in total. The molecule has 2 atom stereocenters. The molecule has 2 aromatic rings. The molecular weight excluding hydrogens is 336 g/mol. The average molecular weight is 352 g/mol. The monoisotopic (exact) mass is 352 g/mol. The number of hydrogen-bond donors (Lipinski definition) is 0. The average Bonchev–Trinajstić information content (AvgIpc) is 2.56. The summed E-state index contributed by atoms with van der Waals surface area (Å²) in [5.41, 5.74) is -0.335. The molecule has 0 radical (unpaired) electrons. The maximum atomic E-state index is 13.7. The molecule has 0 aromatic carbocycles. The van der Waals surface area contributed by atoms with Gasteiger partial charge in [-0.25, -0.2) is 9.37 Å². The lowest BCUT2D eigenvalue weighted by Gasteiger charge is -2.57. The summed E-state index contributed by atoms with van der Waals surface area (Å²) in [5.74, 6) is -0.359. The largest absolute Gasteiger partial charge is 0.419 e. The van der Waals surface area contributed by atoms with Crippen molar-refractivity contribution in [3.05, 3.63) is 53.7 Å². The first kappa shape index (κ1) is 16.3. The van der Waals surface area contributed by atoms with Gasteiger partial charge in [0, 0.05) is 44.1 Å². The minimum Gasteiger partial charge on any atom is -0.347 e. The number of aromatic nitrogens is 2. The number of rotatable bonds is 3. The van der Waals surface area contributed by atoms with Crippen LogP contribution < -0.4 is 4.90 Å². The topological polar surface area (TPSA) is 32.3 Å². The Bertz CT molecular complexity index is 767. The van der Waals surface area contributed by atoms with Crippen molar-refractivity contribution in [3.63, 3.8) is 0 Å². The molecule has 0 aliphatic carbocycles. The molecule has 25 heavy (non-hydrogen) atoms. The molecule has 8 heteroatoms. The number of fused-ring (bicyclic) bond motifs is 2. The molecule has 2 aromatic heterocycles. The first-order valence-corrected chi connectivity index (χ1v) is 8.06. The molecule has 3 aliphatic heterocycles. The number of piperazine rings is 1. The minimum atomic E-state index is -4.43. The fraction of sp³-hybridized carbons (Fsp3) is 0.412. The second-order valence-electron chi connectivity index (χ2n) is 6.45. The molecule has 0 N–H and O–H groups in total. The molecule has 0 saturated carbocycles. The van der Waals surface area contributed by atoms with Crippen molar-refractivity contribution < 1.29 is 17.6 Å². The first-order valence-electron chi connectivity index (χ1n) is 8.06. The van der Waals surface area contributed by atoms with Crippen LogP contribution in [0.3, 0.4) is 0 Å². The van der Waals surface area contributed by atoms with Crippen molar-refractivity contribution in [3.8, 4) is 0 Å². The van der Waals surface area contributed by atoms with E-state index in [9.17, 15) is 17.6 Å². The third-order valence-electron chi connectivity index (χ3n) is 4.81. The fourth-order valence-electron chi connectivity index (χ4n) is 3.74. The number of hydrogen-bond acceptors (Lipinski definition) is 4. The van der Waals surface area contributed by atoms with Crippen LogP contribution in [0.5, 0.6) is 0 Å². The Morgan fingerprint density at radius 1 is 1.04 bits per heavy atom. The molecule has 5 rings (SSSR count). The van der Waals surface area contributed by atoms with Crippen molar-refractivity contribution in [1.82, 2.24) is 14.9 Å². The van der Waals surface area contributed by atoms with Gasteiger partial charge in [-0.2, -0.15) is 13.2 Å². The summed E-state index contributed by atoms with van der Waals surface area (Å²) < 4.78 is 53.4. The van der Waals surface area contributed by atoms with Crippen LogP contribution in [-0.4, -0.2) is 40.0 Å². The van der Waals surface area contributed by atoms with E-state index in [0.717, 1.165) is 12.5 Å². The Morgan fingerprint density at radius 2 is 1.72 bits per heavy atom. The molecule has 3 fully saturated rings. The molecule has 3 aliphatic rings. The van der Waals surface area contributed by atoms with E-state index in [0.29, 0.717) is 25.3 Å². The van der Waals surface area contributed by atoms with Gasteiger partial charge in [-0.1, -0.05) is 0 Å². The lowest BCUT2D eigenvalue weighted by Crippen LogP contribution is -2.69. The zero-order valence-corrected chi connectivity index (χ0v) is 13.2. The Balaban J connectivity index is 1.51. The predicted octanol–water partition coefficient (Wildman–Crippen LogP) is 3.10. The van der Waals surface area contributed by atoms with Gasteiger partial charge in [0.2, 0.25) is 0 Å². The van der Waals surface area contributed by atoms with E-state index in [1.54, 1.807) is 11.1 Å². The summed E-state index contributed by atoms with van der Waals surface area (Å²) in [5, 5.41) is 0. The summed E-state index contributed by atoms with van der Waals surface area (Å²) in [4.78, 5) is 11.8. The summed E-state index contributed by atoms with van der Waals surface area (Å²) >= 11 is 0. The molecular formula is C17H16F4N4. The normalized spacial score (nSPS) is 23.4. The van der Waals surface area contributed by atoms with Crippen LogP contribution in [-0.2, 0) is 12.7 Å². The molecule has 132 valence electrons. The Kier molecular flexibility index (Phi) is 3.87. The van der Waals surface area contributed by atoms with Crippen LogP contribution in [0.25, 0.3) is 0 Å². The quantitative estimate of drug-likeness (QED) is 0.795. The maximum Gasteiger partial charge on any atom is 0.419 e. The van der Waals surface area contributed by atoms with E-state index in [1.165, 1.54) is 24.4 Å². The van der Waals surface area contributed by atoms with Gasteiger partial charge in [0.05, 0.1) is 11.3 Å². The highest BCUT2D eigenvalue weighted by molar-refractivity contribution is 5.54. The van der Waals surface area contributed by atoms with Gasteiger partial charge in [0.1, 0.15) is 11.6 Å². The van der Waals surface area contributed by atoms with Crippen molar-refractivity contribution in [2.75, 3.05) is 18.0 Å². The molecule has 2 bridgehead atoms. The van der Waals surface area contributed by atoms with E-state index in [-0.39, 0.29) is 23.7 Å². The van der Waals surface area contributed by atoms with E-state index in [1.807, 2.05) is 4.90 Å². The van der Waals surface area contributed by atoms with E-state index < -0.39 is 11.7 Å². The molecule has 0 amide bonds. The van der Waals surface area contributed by atoms with Crippen molar-refractivity contribution in [1.29, 1.82) is 0 Å². The standard InChI is InChI=1S/C17H16F4N4/c18-14-4-2-5-22-15(14)10-24-8-11-7-12(9-24)25(11)16-13(17(19,20)21)3-1-6-23-16/h1-6,11-12H,7-10H2. The number of piperidine rings is 1. The van der Waals surface area contributed by atoms with Crippen molar-refractivity contribution in [2.24, 2.45) is 0 Å². The minimum absolute atomic E-state index is 0.0000772. The van der Waals surface area contributed by atoms with Crippen LogP contribution in [0.4, 0.5) is 23.4 Å². The number of nitrogens with zero attached hydrogens (tertiary/aromatic N) is 4. The van der Waals surface area contributed by atoms with Crippen LogP contribution in [0.1, 0.15) is 17.7 Å². The highest BCUT2D eigenvalue weighted by Gasteiger charge is 2.48. The smallest absolute Gasteiger partial charge is 0.347 e. The number of anilines is 1. The van der Waals surface area contributed by atoms with Gasteiger partial charge in [0.25, 0.3) is 0 Å². The zero-order valence-electron chi connectivity index (χ0n) is 13.2. The molecule has 0 spiro atoms. The first-order chi connectivity index (χ1) is 11.9. The van der Waals surface area contributed by atoms with Gasteiger partial charge < -0.3 is 4.90 Å². The van der Waals surface area contributed by atoms with Crippen molar-refractivity contribution in [2.45, 2.75) is 31.2 Å². The fourth-order valence-corrected chi connectivity index (χ4v) is 3.74. The van der Waals surface area contributed by atoms with Crippen LogP contribution in [0.15, 0.2) is 36.7 Å². The van der Waals surface area contributed by atoms with Gasteiger partial charge in [-0.3, -0.25) is 9.88 Å². The van der Waals surface area contributed by atoms with Crippen LogP contribution in [0.2, 0.25) is 0 Å². The second kappa shape index (κ2) is 5.94. The molecule has 2 unspecified atom stereocenters. The van der Waals surface area contributed by atoms with Gasteiger partial charge in [0.15, 0.2) is 0 Å². The highest BCUT2D eigenvalue weighted by Crippen LogP contribution is 2.42. The van der Waals surface area contributed by atoms with Gasteiger partial charge in [-0.15, -0.1) is 0 Å². The number of halogens is 4. The van der Waals surface area contributed by atoms with Crippen LogP contribution in [0, 0.1) is 5.82 Å². The predicted molar refractivity (Wildman–Crippen MR) is 83.4 cm³/mol. The third kappa shape index (κ3) is 2.95. The summed E-state index contributed by atoms with van der Waals surface area (Å²) in [6.45, 7) is 1.50. The summed E-state index contributed by atoms with van der Waals surface area (Å²) in [6, 6.07) is 5.19. The Morgan fingerprint density at radius 3 is 2.40 bits per heavy atom. The molecule has 5 heterocycles. The maximum absolute atomic E-state index is 13.7. The Hall–Kier alpha value is -2.22. The zero-order chi connectivity index (χ0) is 17.6. The highest BCUT2D eigenvalue weighted by atomic mass is 19.4. The summed E-state index contributed by atoms with van der Waals surface area (Å²) in [6.07, 6.45) is -0.669. The Labute approximate surface area is 142 Å². The van der Waals surface area contributed by atoms with Crippen molar-refractivity contribution >= 4 is 5.82 Å². The van der Waals surface area contributed by atoms with Gasteiger partial charge >= 0.3 is 6.18 Å². The lowest BCUT2D eigenvalue weighted by molar-refractivity contribution is -0.137. The van der Waals surface area contributed by atoms with Gasteiger partial charge in [-0.05, 0) is 30.7 Å². The van der Waals surface area contributed by atoms with E-state index in [2.05, 4.69) is 9.97 Å². The third-order valence-corrected chi connectivity index (χ3v) is 4.81. The lowest BCUT2D eigenvalue weighted by atomic mass is 9.86. The SMILES string of the molecule is Fc1cccnc1CN1CC2CC(C1)N2c1ncccc1C(F)(F)F. The van der Waals surface area contributed by atoms with E-state index >= 15 is 0 Å².